The largest absolute Gasteiger partial charge is 0.451 e. The van der Waals surface area contributed by atoms with Gasteiger partial charge in [0.05, 0.1) is 23.1 Å². The number of imide groups is 1. The molecule has 0 radical (unpaired) electrons. The molecule has 31 heavy (non-hydrogen) atoms. The number of fused-ring (bicyclic) bond motifs is 5. The van der Waals surface area contributed by atoms with Gasteiger partial charge in [-0.25, -0.2) is 4.79 Å². The number of Topliss-reactive ketones (excluding diaryl/α,β-unsaturated/α-hetero) is 1. The molecule has 1 aliphatic heterocycles. The summed E-state index contributed by atoms with van der Waals surface area (Å²) in [4.78, 5) is 52.1. The van der Waals surface area contributed by atoms with E-state index in [-0.39, 0.29) is 35.0 Å². The number of carbonyl (C=O) groups excluding carboxylic acids is 4. The molecule has 0 aromatic heterocycles. The molecule has 5 atom stereocenters. The molecule has 5 rings (SSSR count). The number of benzene rings is 2. The van der Waals surface area contributed by atoms with Crippen LogP contribution in [0.5, 0.6) is 0 Å². The molecule has 6 nitrogen and oxygen atoms in total. The Hall–Kier alpha value is -3.28. The number of nitrogens with zero attached hydrogens (tertiary/aromatic N) is 1. The predicted octanol–water partition coefficient (Wildman–Crippen LogP) is 3.65. The molecular weight excluding hydrogens is 394 g/mol. The number of rotatable bonds is 5. The lowest BCUT2D eigenvalue weighted by atomic mass is 9.81. The zero-order chi connectivity index (χ0) is 21.7. The van der Waals surface area contributed by atoms with E-state index in [1.165, 1.54) is 24.0 Å². The van der Waals surface area contributed by atoms with Crippen molar-refractivity contribution >= 4 is 29.3 Å². The van der Waals surface area contributed by atoms with Gasteiger partial charge in [-0.05, 0) is 62.3 Å². The van der Waals surface area contributed by atoms with Crippen LogP contribution >= 0.6 is 0 Å². The smallest absolute Gasteiger partial charge is 0.338 e. The molecule has 1 saturated heterocycles. The lowest BCUT2D eigenvalue weighted by molar-refractivity contribution is -0.123. The fraction of sp³-hybridized carbons (Fsp3) is 0.360. The van der Waals surface area contributed by atoms with Gasteiger partial charge in [0, 0.05) is 5.56 Å². The van der Waals surface area contributed by atoms with Crippen molar-refractivity contribution in [3.8, 4) is 0 Å². The minimum Gasteiger partial charge on any atom is -0.451 e. The summed E-state index contributed by atoms with van der Waals surface area (Å²) in [6.45, 7) is 1.54. The van der Waals surface area contributed by atoms with E-state index < -0.39 is 12.1 Å². The SMILES string of the molecule is C[C@@H](OC(=O)c1ccc(N2C(=O)[C@H]3[C@H]4CC[C@@H](C4)[C@@H]3C2=O)cc1)C(=O)c1ccccc1. The molecule has 2 aliphatic carbocycles. The van der Waals surface area contributed by atoms with Gasteiger partial charge < -0.3 is 4.74 Å². The standard InChI is InChI=1S/C25H23NO5/c1-14(22(27)15-5-3-2-4-6-15)31-25(30)16-9-11-19(12-10-16)26-23(28)20-17-7-8-18(13-17)21(20)24(26)29/h2-6,9-12,14,17-18,20-21H,7-8,13H2,1H3/t14-,17+,18+,20+,21+/m1/s1. The molecule has 2 aromatic carbocycles. The zero-order valence-electron chi connectivity index (χ0n) is 17.2. The zero-order valence-corrected chi connectivity index (χ0v) is 17.2. The Balaban J connectivity index is 1.28. The topological polar surface area (TPSA) is 80.8 Å². The molecule has 158 valence electrons. The van der Waals surface area contributed by atoms with Crippen molar-refractivity contribution in [3.05, 3.63) is 65.7 Å². The van der Waals surface area contributed by atoms with E-state index in [4.69, 9.17) is 4.74 Å². The minimum absolute atomic E-state index is 0.111. The van der Waals surface area contributed by atoms with Crippen molar-refractivity contribution in [2.45, 2.75) is 32.3 Å². The van der Waals surface area contributed by atoms with Crippen LogP contribution in [0, 0.1) is 23.7 Å². The van der Waals surface area contributed by atoms with Crippen molar-refractivity contribution in [2.75, 3.05) is 4.90 Å². The van der Waals surface area contributed by atoms with Crippen molar-refractivity contribution in [3.63, 3.8) is 0 Å². The van der Waals surface area contributed by atoms with Crippen LogP contribution in [0.25, 0.3) is 0 Å². The Kier molecular flexibility index (Phi) is 4.73. The number of esters is 1. The van der Waals surface area contributed by atoms with Gasteiger partial charge in [-0.3, -0.25) is 19.3 Å². The summed E-state index contributed by atoms with van der Waals surface area (Å²) >= 11 is 0. The Morgan fingerprint density at radius 2 is 1.45 bits per heavy atom. The quantitative estimate of drug-likeness (QED) is 0.421. The molecule has 0 N–H and O–H groups in total. The third-order valence-electron chi connectivity index (χ3n) is 7.00. The Morgan fingerprint density at radius 3 is 2.03 bits per heavy atom. The van der Waals surface area contributed by atoms with Crippen LogP contribution in [0.4, 0.5) is 5.69 Å². The maximum Gasteiger partial charge on any atom is 0.338 e. The van der Waals surface area contributed by atoms with Crippen LogP contribution in [0.3, 0.4) is 0 Å². The first-order chi connectivity index (χ1) is 15.0. The van der Waals surface area contributed by atoms with E-state index in [9.17, 15) is 19.2 Å². The van der Waals surface area contributed by atoms with Crippen LogP contribution in [-0.2, 0) is 14.3 Å². The highest BCUT2D eigenvalue weighted by Gasteiger charge is 2.61. The average molecular weight is 417 g/mol. The Morgan fingerprint density at radius 1 is 0.871 bits per heavy atom. The molecule has 0 unspecified atom stereocenters. The molecule has 3 aliphatic rings. The number of carbonyl (C=O) groups is 4. The number of anilines is 1. The summed E-state index contributed by atoms with van der Waals surface area (Å²) in [6, 6.07) is 14.9. The number of ether oxygens (including phenoxy) is 1. The number of hydrogen-bond acceptors (Lipinski definition) is 5. The van der Waals surface area contributed by atoms with Gasteiger partial charge in [0.15, 0.2) is 6.10 Å². The number of amides is 2. The normalized spacial score (nSPS) is 27.3. The summed E-state index contributed by atoms with van der Waals surface area (Å²) in [6.07, 6.45) is 2.13. The highest BCUT2D eigenvalue weighted by Crippen LogP contribution is 2.56. The van der Waals surface area contributed by atoms with E-state index in [0.29, 0.717) is 23.1 Å². The van der Waals surface area contributed by atoms with Crippen LogP contribution in [0.2, 0.25) is 0 Å². The summed E-state index contributed by atoms with van der Waals surface area (Å²) in [5, 5.41) is 0. The third kappa shape index (κ3) is 3.17. The van der Waals surface area contributed by atoms with E-state index in [0.717, 1.165) is 19.3 Å². The maximum absolute atomic E-state index is 12.9. The highest BCUT2D eigenvalue weighted by molar-refractivity contribution is 6.22. The minimum atomic E-state index is -0.925. The van der Waals surface area contributed by atoms with Crippen molar-refractivity contribution in [2.24, 2.45) is 23.7 Å². The lowest BCUT2D eigenvalue weighted by Crippen LogP contribution is -2.32. The molecule has 2 amide bonds. The van der Waals surface area contributed by atoms with Gasteiger partial charge in [-0.2, -0.15) is 0 Å². The third-order valence-corrected chi connectivity index (χ3v) is 7.00. The fourth-order valence-corrected chi connectivity index (χ4v) is 5.53. The first-order valence-electron chi connectivity index (χ1n) is 10.7. The Labute approximate surface area is 180 Å². The van der Waals surface area contributed by atoms with Gasteiger partial charge in [0.1, 0.15) is 0 Å². The summed E-state index contributed by atoms with van der Waals surface area (Å²) < 4.78 is 5.32. The van der Waals surface area contributed by atoms with E-state index in [1.807, 2.05) is 6.07 Å². The first kappa shape index (κ1) is 19.7. The van der Waals surface area contributed by atoms with E-state index in [1.54, 1.807) is 36.4 Å². The summed E-state index contributed by atoms with van der Waals surface area (Å²) in [7, 11) is 0. The highest BCUT2D eigenvalue weighted by atomic mass is 16.5. The first-order valence-corrected chi connectivity index (χ1v) is 10.7. The van der Waals surface area contributed by atoms with Crippen LogP contribution < -0.4 is 4.90 Å². The summed E-state index contributed by atoms with van der Waals surface area (Å²) in [5.74, 6) is -0.832. The van der Waals surface area contributed by atoms with Crippen molar-refractivity contribution in [1.29, 1.82) is 0 Å². The van der Waals surface area contributed by atoms with Gasteiger partial charge >= 0.3 is 5.97 Å². The average Bonchev–Trinajstić information content (AvgIpc) is 3.47. The molecular formula is C25H23NO5. The second kappa shape index (κ2) is 7.45. The van der Waals surface area contributed by atoms with Crippen molar-refractivity contribution in [1.82, 2.24) is 0 Å². The van der Waals surface area contributed by atoms with Crippen LogP contribution in [-0.4, -0.2) is 29.7 Å². The van der Waals surface area contributed by atoms with Gasteiger partial charge in [-0.1, -0.05) is 30.3 Å². The van der Waals surface area contributed by atoms with Gasteiger partial charge in [0.2, 0.25) is 17.6 Å². The molecule has 1 heterocycles. The molecule has 2 saturated carbocycles. The fourth-order valence-electron chi connectivity index (χ4n) is 5.53. The molecule has 6 heteroatoms. The van der Waals surface area contributed by atoms with E-state index in [2.05, 4.69) is 0 Å². The second-order valence-electron chi connectivity index (χ2n) is 8.72. The van der Waals surface area contributed by atoms with Crippen molar-refractivity contribution < 1.29 is 23.9 Å². The van der Waals surface area contributed by atoms with Gasteiger partial charge in [0.25, 0.3) is 0 Å². The monoisotopic (exact) mass is 417 g/mol. The molecule has 2 aromatic rings. The molecule has 3 fully saturated rings. The summed E-state index contributed by atoms with van der Waals surface area (Å²) in [5.41, 5.74) is 1.22. The Bertz CT molecular complexity index is 1030. The molecule has 2 bridgehead atoms. The number of hydrogen-bond donors (Lipinski definition) is 0. The molecule has 0 spiro atoms. The second-order valence-corrected chi connectivity index (χ2v) is 8.72. The maximum atomic E-state index is 12.9. The number of ketones is 1. The lowest BCUT2D eigenvalue weighted by Gasteiger charge is -2.19. The van der Waals surface area contributed by atoms with Crippen LogP contribution in [0.1, 0.15) is 46.9 Å². The van der Waals surface area contributed by atoms with Crippen LogP contribution in [0.15, 0.2) is 54.6 Å². The van der Waals surface area contributed by atoms with E-state index >= 15 is 0 Å². The predicted molar refractivity (Wildman–Crippen MR) is 112 cm³/mol. The van der Waals surface area contributed by atoms with Gasteiger partial charge in [-0.15, -0.1) is 0 Å².